The number of nitrogens with zero attached hydrogens (tertiary/aromatic N) is 2. The van der Waals surface area contributed by atoms with Crippen LogP contribution in [0.15, 0.2) is 96.6 Å². The van der Waals surface area contributed by atoms with E-state index >= 15 is 0 Å². The van der Waals surface area contributed by atoms with Crippen molar-refractivity contribution >= 4 is 17.8 Å². The Morgan fingerprint density at radius 3 is 1.96 bits per heavy atom. The van der Waals surface area contributed by atoms with Crippen molar-refractivity contribution in [3.05, 3.63) is 108 Å². The highest BCUT2D eigenvalue weighted by Gasteiger charge is 2.34. The number of carbonyl (C=O) groups excluding carboxylic acids is 2. The number of carboxylic acids is 1. The fourth-order valence-electron chi connectivity index (χ4n) is 5.92. The summed E-state index contributed by atoms with van der Waals surface area (Å²) in [7, 11) is 3.52. The lowest BCUT2D eigenvalue weighted by molar-refractivity contribution is -0.146. The molecule has 9 heteroatoms. The zero-order valence-electron chi connectivity index (χ0n) is 28.9. The second-order valence-corrected chi connectivity index (χ2v) is 13.3. The summed E-state index contributed by atoms with van der Waals surface area (Å²) < 4.78 is 0. The maximum atomic E-state index is 13.7. The number of hydrogen-bond acceptors (Lipinski definition) is 6. The topological polar surface area (TPSA) is 136 Å². The fraction of sp³-hybridized carbons (Fsp3) is 0.410. The highest BCUT2D eigenvalue weighted by atomic mass is 16.4. The van der Waals surface area contributed by atoms with Gasteiger partial charge in [-0.05, 0) is 75.8 Å². The molecule has 2 atom stereocenters. The minimum atomic E-state index is -0.910. The molecule has 1 fully saturated rings. The maximum Gasteiger partial charge on any atom is 0.328 e. The van der Waals surface area contributed by atoms with Crippen molar-refractivity contribution in [2.24, 2.45) is 5.73 Å². The van der Waals surface area contributed by atoms with Gasteiger partial charge in [0.25, 0.3) is 0 Å². The highest BCUT2D eigenvalue weighted by Crippen LogP contribution is 2.21. The van der Waals surface area contributed by atoms with E-state index in [1.165, 1.54) is 6.08 Å². The number of likely N-dealkylation sites (tertiary alicyclic amines) is 1. The predicted molar refractivity (Wildman–Crippen MR) is 191 cm³/mol. The quantitative estimate of drug-likeness (QED) is 0.208. The average Bonchev–Trinajstić information content (AvgIpc) is 3.06. The molecule has 1 aliphatic rings. The largest absolute Gasteiger partial charge is 0.478 e. The predicted octanol–water partition coefficient (Wildman–Crippen LogP) is 4.68. The number of nitrogens with two attached hydrogens (primary N) is 1. The molecule has 0 aliphatic carbocycles. The molecule has 0 saturated carbocycles. The number of piperidine rings is 1. The van der Waals surface area contributed by atoms with Crippen LogP contribution in [0.1, 0.15) is 51.2 Å². The molecule has 1 saturated heterocycles. The lowest BCUT2D eigenvalue weighted by Gasteiger charge is -2.37. The van der Waals surface area contributed by atoms with Gasteiger partial charge < -0.3 is 31.1 Å². The van der Waals surface area contributed by atoms with Gasteiger partial charge >= 0.3 is 5.97 Å². The fourth-order valence-corrected chi connectivity index (χ4v) is 5.92. The van der Waals surface area contributed by atoms with Gasteiger partial charge in [-0.15, -0.1) is 0 Å². The zero-order chi connectivity index (χ0) is 35.3. The molecule has 0 bridgehead atoms. The number of amides is 2. The molecule has 0 radical (unpaired) electrons. The van der Waals surface area contributed by atoms with E-state index in [1.807, 2.05) is 62.4 Å². The Hall–Kier alpha value is -4.31. The van der Waals surface area contributed by atoms with Crippen molar-refractivity contribution < 1.29 is 24.6 Å². The Bertz CT molecular complexity index is 1480. The van der Waals surface area contributed by atoms with Crippen molar-refractivity contribution in [2.75, 3.05) is 27.2 Å². The second-order valence-electron chi connectivity index (χ2n) is 13.3. The van der Waals surface area contributed by atoms with E-state index in [9.17, 15) is 19.5 Å². The van der Waals surface area contributed by atoms with E-state index in [0.717, 1.165) is 27.8 Å². The summed E-state index contributed by atoms with van der Waals surface area (Å²) in [6, 6.07) is 27.2. The first-order chi connectivity index (χ1) is 22.8. The normalized spacial score (nSPS) is 15.1. The number of aliphatic hydroxyl groups is 1. The summed E-state index contributed by atoms with van der Waals surface area (Å²) in [5.41, 5.74) is 10.5. The van der Waals surface area contributed by atoms with Crippen LogP contribution in [0.4, 0.5) is 0 Å². The first kappa shape index (κ1) is 38.1. The summed E-state index contributed by atoms with van der Waals surface area (Å²) in [5, 5.41) is 21.4. The van der Waals surface area contributed by atoms with E-state index in [0.29, 0.717) is 45.2 Å². The molecule has 3 aromatic carbocycles. The second kappa shape index (κ2) is 18.3. The summed E-state index contributed by atoms with van der Waals surface area (Å²) in [5.74, 6) is -1.08. The minimum Gasteiger partial charge on any atom is -0.478 e. The van der Waals surface area contributed by atoms with Crippen LogP contribution in [0.2, 0.25) is 0 Å². The first-order valence-electron chi connectivity index (χ1n) is 16.6. The molecule has 5 N–H and O–H groups in total. The Kier molecular flexibility index (Phi) is 14.5. The number of rotatable bonds is 12. The number of aliphatic carboxylic acids is 1. The lowest BCUT2D eigenvalue weighted by Crippen LogP contribution is -2.56. The smallest absolute Gasteiger partial charge is 0.328 e. The molecule has 0 aromatic heterocycles. The Labute approximate surface area is 285 Å². The van der Waals surface area contributed by atoms with Crippen LogP contribution < -0.4 is 11.1 Å². The van der Waals surface area contributed by atoms with Crippen LogP contribution in [-0.2, 0) is 27.2 Å². The van der Waals surface area contributed by atoms with Crippen molar-refractivity contribution in [1.29, 1.82) is 0 Å². The van der Waals surface area contributed by atoms with Gasteiger partial charge in [0.15, 0.2) is 0 Å². The third-order valence-electron chi connectivity index (χ3n) is 8.40. The number of likely N-dealkylation sites (N-methyl/N-ethyl adjacent to an activating group) is 2. The van der Waals surface area contributed by atoms with Crippen molar-refractivity contribution in [1.82, 2.24) is 15.1 Å². The van der Waals surface area contributed by atoms with E-state index in [-0.39, 0.29) is 23.5 Å². The maximum absolute atomic E-state index is 13.7. The SMILES string of the molecule is C/C(=C\C(=O)O)CC(C)(C)N.CN[C@H](Cc1ccc(-c2ccccc2)cc1)C(=O)N(C)[C@H](Cc1ccccc1)C(=O)N1CCC(O)CC1. The molecule has 1 aliphatic heterocycles. The van der Waals surface area contributed by atoms with Crippen molar-refractivity contribution in [3.8, 4) is 11.1 Å². The van der Waals surface area contributed by atoms with E-state index < -0.39 is 18.1 Å². The molecule has 0 unspecified atom stereocenters. The first-order valence-corrected chi connectivity index (χ1v) is 16.6. The molecule has 9 nitrogen and oxygen atoms in total. The molecular formula is C39H52N4O5. The molecule has 0 spiro atoms. The van der Waals surface area contributed by atoms with Gasteiger partial charge in [0.2, 0.25) is 11.8 Å². The summed E-state index contributed by atoms with van der Waals surface area (Å²) >= 11 is 0. The van der Waals surface area contributed by atoms with Crippen LogP contribution in [-0.4, -0.2) is 88.7 Å². The third kappa shape index (κ3) is 12.4. The Morgan fingerprint density at radius 2 is 1.44 bits per heavy atom. The molecule has 1 heterocycles. The average molecular weight is 657 g/mol. The van der Waals surface area contributed by atoms with Crippen molar-refractivity contribution in [2.45, 2.75) is 76.6 Å². The van der Waals surface area contributed by atoms with E-state index in [4.69, 9.17) is 10.8 Å². The zero-order valence-corrected chi connectivity index (χ0v) is 28.9. The van der Waals surface area contributed by atoms with Gasteiger partial charge in [0, 0.05) is 38.2 Å². The number of nitrogens with one attached hydrogen (secondary N) is 1. The van der Waals surface area contributed by atoms with Gasteiger partial charge in [-0.3, -0.25) is 9.59 Å². The van der Waals surface area contributed by atoms with Gasteiger partial charge in [0.05, 0.1) is 12.1 Å². The molecule has 258 valence electrons. The number of carbonyl (C=O) groups is 3. The molecule has 48 heavy (non-hydrogen) atoms. The van der Waals surface area contributed by atoms with Crippen LogP contribution in [0, 0.1) is 0 Å². The summed E-state index contributed by atoms with van der Waals surface area (Å²) in [6.45, 7) is 6.52. The van der Waals surface area contributed by atoms with Gasteiger partial charge in [-0.2, -0.15) is 0 Å². The monoisotopic (exact) mass is 656 g/mol. The van der Waals surface area contributed by atoms with Gasteiger partial charge in [-0.25, -0.2) is 4.79 Å². The van der Waals surface area contributed by atoms with Crippen LogP contribution >= 0.6 is 0 Å². The summed E-state index contributed by atoms with van der Waals surface area (Å²) in [6.07, 6.45) is 3.55. The summed E-state index contributed by atoms with van der Waals surface area (Å²) in [4.78, 5) is 40.9. The number of carboxylic acid groups (broad SMARTS) is 1. The van der Waals surface area contributed by atoms with Gasteiger partial charge in [-0.1, -0.05) is 90.5 Å². The van der Waals surface area contributed by atoms with Crippen LogP contribution in [0.5, 0.6) is 0 Å². The van der Waals surface area contributed by atoms with Crippen molar-refractivity contribution in [3.63, 3.8) is 0 Å². The molecular weight excluding hydrogens is 604 g/mol. The number of aliphatic hydroxyl groups excluding tert-OH is 1. The Balaban J connectivity index is 0.000000488. The van der Waals surface area contributed by atoms with E-state index in [2.05, 4.69) is 41.7 Å². The lowest BCUT2D eigenvalue weighted by atomic mass is 9.97. The molecule has 2 amide bonds. The van der Waals surface area contributed by atoms with Crippen LogP contribution in [0.25, 0.3) is 11.1 Å². The Morgan fingerprint density at radius 1 is 0.917 bits per heavy atom. The highest BCUT2D eigenvalue weighted by molar-refractivity contribution is 5.90. The third-order valence-corrected chi connectivity index (χ3v) is 8.40. The van der Waals surface area contributed by atoms with E-state index in [1.54, 1.807) is 30.8 Å². The standard InChI is InChI=1S/C31H37N3O3.C8H15NO2/c1-32-28(21-24-13-15-26(16-14-24)25-11-7-4-8-12-25)30(36)33(2)29(22-23-9-5-3-6-10-23)31(37)34-19-17-27(35)18-20-34;1-6(4-7(10)11)5-8(2,3)9/h3-16,27-29,32,35H,17-22H2,1-2H3;4H,5,9H2,1-3H3,(H,10,11)/b;6-4+/t28-,29-;/m1./s1. The molecule has 3 aromatic rings. The number of hydrogen-bond donors (Lipinski definition) is 4. The van der Waals surface area contributed by atoms with Gasteiger partial charge in [0.1, 0.15) is 6.04 Å². The molecule has 4 rings (SSSR count). The van der Waals surface area contributed by atoms with Crippen LogP contribution in [0.3, 0.4) is 0 Å². The number of benzene rings is 3. The minimum absolute atomic E-state index is 0.0614.